The maximum atomic E-state index is 12.0. The number of aromatic amines is 1. The van der Waals surface area contributed by atoms with Gasteiger partial charge in [0, 0.05) is 5.41 Å². The van der Waals surface area contributed by atoms with Crippen LogP contribution in [0.2, 0.25) is 0 Å². The van der Waals surface area contributed by atoms with Crippen LogP contribution in [-0.4, -0.2) is 23.7 Å². The highest BCUT2D eigenvalue weighted by Crippen LogP contribution is 2.16. The van der Waals surface area contributed by atoms with Crippen molar-refractivity contribution >= 4 is 30.6 Å². The lowest BCUT2D eigenvalue weighted by Crippen LogP contribution is -2.29. The van der Waals surface area contributed by atoms with Gasteiger partial charge in [-0.05, 0) is 12.1 Å². The van der Waals surface area contributed by atoms with E-state index in [2.05, 4.69) is 15.3 Å². The molecule has 0 saturated heterocycles. The fraction of sp³-hybridized carbons (Fsp3) is 0.357. The van der Waals surface area contributed by atoms with Crippen LogP contribution in [0.3, 0.4) is 0 Å². The highest BCUT2D eigenvalue weighted by Gasteiger charge is 2.22. The summed E-state index contributed by atoms with van der Waals surface area (Å²) in [5, 5.41) is 3.07. The van der Waals surface area contributed by atoms with E-state index in [1.54, 1.807) is 32.9 Å². The van der Waals surface area contributed by atoms with Gasteiger partial charge in [-0.3, -0.25) is 19.9 Å². The van der Waals surface area contributed by atoms with Gasteiger partial charge in [-0.2, -0.15) is 0 Å². The van der Waals surface area contributed by atoms with E-state index in [4.69, 9.17) is 7.85 Å². The SMILES string of the molecule is [B]Cc1ccc2nc(NC(=O)C(C)(C)C)[nH]c(=O)c2c1. The first-order chi connectivity index (χ1) is 9.31. The fourth-order valence-corrected chi connectivity index (χ4v) is 1.67. The van der Waals surface area contributed by atoms with E-state index in [1.165, 1.54) is 0 Å². The van der Waals surface area contributed by atoms with E-state index >= 15 is 0 Å². The summed E-state index contributed by atoms with van der Waals surface area (Å²) >= 11 is 0. The molecule has 1 aromatic heterocycles. The van der Waals surface area contributed by atoms with Crippen LogP contribution in [0.25, 0.3) is 10.9 Å². The number of carbonyl (C=O) groups excluding carboxylic acids is 1. The van der Waals surface area contributed by atoms with Gasteiger partial charge in [0.1, 0.15) is 0 Å². The number of hydrogen-bond donors (Lipinski definition) is 2. The second-order valence-corrected chi connectivity index (χ2v) is 5.67. The summed E-state index contributed by atoms with van der Waals surface area (Å²) in [6, 6.07) is 5.24. The molecule has 0 aliphatic carbocycles. The summed E-state index contributed by atoms with van der Waals surface area (Å²) in [5.41, 5.74) is 0.526. The van der Waals surface area contributed by atoms with Gasteiger partial charge in [-0.1, -0.05) is 38.7 Å². The van der Waals surface area contributed by atoms with Gasteiger partial charge in [-0.25, -0.2) is 4.98 Å². The molecule has 0 unspecified atom stereocenters. The molecule has 20 heavy (non-hydrogen) atoms. The zero-order valence-corrected chi connectivity index (χ0v) is 11.8. The van der Waals surface area contributed by atoms with Gasteiger partial charge in [0.25, 0.3) is 5.56 Å². The number of fused-ring (bicyclic) bond motifs is 1. The lowest BCUT2D eigenvalue weighted by atomic mass is 9.96. The number of H-pyrrole nitrogens is 1. The highest BCUT2D eigenvalue weighted by atomic mass is 16.2. The third-order valence-corrected chi connectivity index (χ3v) is 2.92. The number of hydrogen-bond acceptors (Lipinski definition) is 3. The second-order valence-electron chi connectivity index (χ2n) is 5.67. The Kier molecular flexibility index (Phi) is 3.66. The molecular weight excluding hydrogens is 253 g/mol. The molecule has 2 N–H and O–H groups in total. The minimum absolute atomic E-state index is 0.155. The highest BCUT2D eigenvalue weighted by molar-refractivity contribution is 6.08. The number of nitrogens with zero attached hydrogens (tertiary/aromatic N) is 1. The van der Waals surface area contributed by atoms with Gasteiger partial charge in [0.2, 0.25) is 11.9 Å². The van der Waals surface area contributed by atoms with Crippen molar-refractivity contribution in [1.29, 1.82) is 0 Å². The van der Waals surface area contributed by atoms with Crippen LogP contribution in [-0.2, 0) is 11.1 Å². The normalized spacial score (nSPS) is 11.6. The van der Waals surface area contributed by atoms with Gasteiger partial charge in [0.05, 0.1) is 18.7 Å². The number of nitrogens with one attached hydrogen (secondary N) is 2. The smallest absolute Gasteiger partial charge is 0.260 e. The van der Waals surface area contributed by atoms with Crippen LogP contribution in [0.15, 0.2) is 23.0 Å². The van der Waals surface area contributed by atoms with E-state index in [-0.39, 0.29) is 17.4 Å². The molecule has 2 radical (unpaired) electrons. The first-order valence-electron chi connectivity index (χ1n) is 6.36. The molecule has 2 rings (SSSR count). The quantitative estimate of drug-likeness (QED) is 0.813. The van der Waals surface area contributed by atoms with Crippen molar-refractivity contribution in [3.8, 4) is 0 Å². The fourth-order valence-electron chi connectivity index (χ4n) is 1.67. The molecular formula is C14H16BN3O2. The molecule has 102 valence electrons. The van der Waals surface area contributed by atoms with Crippen LogP contribution in [0.4, 0.5) is 5.95 Å². The van der Waals surface area contributed by atoms with Gasteiger partial charge in [0.15, 0.2) is 0 Å². The summed E-state index contributed by atoms with van der Waals surface area (Å²) in [4.78, 5) is 30.7. The Morgan fingerprint density at radius 3 is 2.70 bits per heavy atom. The Morgan fingerprint density at radius 2 is 2.10 bits per heavy atom. The maximum absolute atomic E-state index is 12.0. The summed E-state index contributed by atoms with van der Waals surface area (Å²) in [6.45, 7) is 5.36. The second kappa shape index (κ2) is 5.11. The minimum atomic E-state index is -0.559. The van der Waals surface area contributed by atoms with Crippen LogP contribution in [0.1, 0.15) is 26.3 Å². The monoisotopic (exact) mass is 269 g/mol. The van der Waals surface area contributed by atoms with Crippen LogP contribution in [0.5, 0.6) is 0 Å². The molecule has 2 aromatic rings. The van der Waals surface area contributed by atoms with Crippen molar-refractivity contribution in [2.24, 2.45) is 5.41 Å². The third kappa shape index (κ3) is 2.90. The molecule has 0 aliphatic heterocycles. The Balaban J connectivity index is 2.44. The molecule has 6 heteroatoms. The van der Waals surface area contributed by atoms with Crippen molar-refractivity contribution in [1.82, 2.24) is 9.97 Å². The van der Waals surface area contributed by atoms with E-state index in [0.29, 0.717) is 17.2 Å². The van der Waals surface area contributed by atoms with Gasteiger partial charge >= 0.3 is 0 Å². The average molecular weight is 269 g/mol. The van der Waals surface area contributed by atoms with Crippen LogP contribution >= 0.6 is 0 Å². The lowest BCUT2D eigenvalue weighted by molar-refractivity contribution is -0.123. The Labute approximate surface area is 118 Å². The number of carbonyl (C=O) groups is 1. The van der Waals surface area contributed by atoms with Gasteiger partial charge < -0.3 is 0 Å². The zero-order valence-electron chi connectivity index (χ0n) is 11.8. The number of amides is 1. The van der Waals surface area contributed by atoms with Crippen molar-refractivity contribution < 1.29 is 4.79 Å². The topological polar surface area (TPSA) is 74.8 Å². The Hall–Kier alpha value is -2.11. The Bertz CT molecular complexity index is 716. The molecule has 0 bridgehead atoms. The number of anilines is 1. The summed E-state index contributed by atoms with van der Waals surface area (Å²) < 4.78 is 0. The van der Waals surface area contributed by atoms with Crippen molar-refractivity contribution in [2.45, 2.75) is 27.1 Å². The molecule has 0 spiro atoms. The molecule has 0 saturated carbocycles. The molecule has 1 heterocycles. The summed E-state index contributed by atoms with van der Waals surface area (Å²) in [7, 11) is 5.54. The predicted octanol–water partition coefficient (Wildman–Crippen LogP) is 1.58. The number of rotatable bonds is 2. The van der Waals surface area contributed by atoms with Crippen molar-refractivity contribution in [3.05, 3.63) is 34.1 Å². The first-order valence-corrected chi connectivity index (χ1v) is 6.36. The van der Waals surface area contributed by atoms with E-state index in [1.807, 2.05) is 6.07 Å². The molecule has 0 fully saturated rings. The summed E-state index contributed by atoms with van der Waals surface area (Å²) in [6.07, 6.45) is 0.359. The molecule has 1 aromatic carbocycles. The van der Waals surface area contributed by atoms with E-state index in [9.17, 15) is 9.59 Å². The average Bonchev–Trinajstić information content (AvgIpc) is 2.37. The zero-order chi connectivity index (χ0) is 14.9. The maximum Gasteiger partial charge on any atom is 0.260 e. The standard InChI is InChI=1S/C14H16BN3O2/c1-14(2,3)12(20)18-13-16-10-5-4-8(7-15)6-9(10)11(19)17-13/h4-6H,7H2,1-3H3,(H2,16,17,18,19,20). The van der Waals surface area contributed by atoms with Gasteiger partial charge in [-0.15, -0.1) is 0 Å². The largest absolute Gasteiger partial charge is 0.296 e. The lowest BCUT2D eigenvalue weighted by Gasteiger charge is -2.17. The number of aromatic nitrogens is 2. The van der Waals surface area contributed by atoms with E-state index < -0.39 is 5.41 Å². The Morgan fingerprint density at radius 1 is 1.40 bits per heavy atom. The van der Waals surface area contributed by atoms with Crippen LogP contribution < -0.4 is 10.9 Å². The third-order valence-electron chi connectivity index (χ3n) is 2.92. The van der Waals surface area contributed by atoms with Crippen molar-refractivity contribution in [3.63, 3.8) is 0 Å². The van der Waals surface area contributed by atoms with Crippen molar-refractivity contribution in [2.75, 3.05) is 5.32 Å². The molecule has 5 nitrogen and oxygen atoms in total. The molecule has 0 atom stereocenters. The minimum Gasteiger partial charge on any atom is -0.296 e. The molecule has 0 aliphatic rings. The van der Waals surface area contributed by atoms with Crippen LogP contribution in [0, 0.1) is 5.41 Å². The predicted molar refractivity (Wildman–Crippen MR) is 79.9 cm³/mol. The first kappa shape index (κ1) is 14.3. The summed E-state index contributed by atoms with van der Waals surface area (Å²) in [5.74, 6) is -0.0542. The molecule has 1 amide bonds. The van der Waals surface area contributed by atoms with E-state index in [0.717, 1.165) is 5.56 Å². The number of benzene rings is 1.